The minimum Gasteiger partial charge on any atom is -0.480 e. The first kappa shape index (κ1) is 11.9. The van der Waals surface area contributed by atoms with Crippen LogP contribution < -0.4 is 11.1 Å². The van der Waals surface area contributed by atoms with Crippen LogP contribution in [0.3, 0.4) is 0 Å². The molecule has 0 spiro atoms. The average molecular weight is 190 g/mol. The predicted octanol–water partition coefficient (Wildman–Crippen LogP) is -1.71. The van der Waals surface area contributed by atoms with E-state index in [-0.39, 0.29) is 13.0 Å². The molecule has 0 rings (SSSR count). The van der Waals surface area contributed by atoms with Crippen LogP contribution in [0.2, 0.25) is 0 Å². The summed E-state index contributed by atoms with van der Waals surface area (Å²) in [6, 6.07) is -1.82. The molecule has 13 heavy (non-hydrogen) atoms. The summed E-state index contributed by atoms with van der Waals surface area (Å²) in [7, 11) is 0. The number of amides is 1. The second-order valence-corrected chi connectivity index (χ2v) is 2.70. The number of carboxylic acid groups (broad SMARTS) is 1. The van der Waals surface area contributed by atoms with Crippen molar-refractivity contribution in [1.82, 2.24) is 5.32 Å². The Hall–Kier alpha value is -1.14. The molecule has 1 amide bonds. The highest BCUT2D eigenvalue weighted by molar-refractivity contribution is 5.86. The summed E-state index contributed by atoms with van der Waals surface area (Å²) in [6.07, 6.45) is -0.0200. The lowest BCUT2D eigenvalue weighted by molar-refractivity contribution is -0.142. The van der Waals surface area contributed by atoms with Gasteiger partial charge in [0.1, 0.15) is 6.04 Å². The highest BCUT2D eigenvalue weighted by Crippen LogP contribution is 1.92. The maximum atomic E-state index is 11.0. The molecular formula is C7H14N2O4. The summed E-state index contributed by atoms with van der Waals surface area (Å²) >= 11 is 0. The van der Waals surface area contributed by atoms with Gasteiger partial charge in [-0.1, -0.05) is 0 Å². The van der Waals surface area contributed by atoms with Crippen LogP contribution in [0.15, 0.2) is 0 Å². The maximum absolute atomic E-state index is 11.0. The Morgan fingerprint density at radius 2 is 2.08 bits per heavy atom. The Balaban J connectivity index is 4.10. The zero-order chi connectivity index (χ0) is 10.4. The number of aliphatic hydroxyl groups is 1. The Morgan fingerprint density at radius 1 is 1.54 bits per heavy atom. The first-order chi connectivity index (χ1) is 5.99. The molecule has 0 radical (unpaired) electrons. The van der Waals surface area contributed by atoms with E-state index < -0.39 is 24.0 Å². The van der Waals surface area contributed by atoms with E-state index in [2.05, 4.69) is 5.32 Å². The third kappa shape index (κ3) is 4.44. The summed E-state index contributed by atoms with van der Waals surface area (Å²) in [5.41, 5.74) is 5.21. The molecule has 0 aromatic carbocycles. The van der Waals surface area contributed by atoms with E-state index in [1.807, 2.05) is 0 Å². The van der Waals surface area contributed by atoms with Crippen LogP contribution in [-0.4, -0.2) is 40.8 Å². The Morgan fingerprint density at radius 3 is 2.38 bits per heavy atom. The zero-order valence-electron chi connectivity index (χ0n) is 7.36. The number of aliphatic hydroxyl groups excluding tert-OH is 1. The van der Waals surface area contributed by atoms with Crippen molar-refractivity contribution < 1.29 is 19.8 Å². The van der Waals surface area contributed by atoms with E-state index in [9.17, 15) is 9.59 Å². The lowest BCUT2D eigenvalue weighted by Gasteiger charge is -2.14. The number of carbonyl (C=O) groups excluding carboxylic acids is 1. The normalized spacial score (nSPS) is 14.7. The van der Waals surface area contributed by atoms with Crippen molar-refractivity contribution >= 4 is 11.9 Å². The number of hydrogen-bond acceptors (Lipinski definition) is 4. The van der Waals surface area contributed by atoms with Gasteiger partial charge in [0.2, 0.25) is 5.91 Å². The molecule has 0 aliphatic rings. The van der Waals surface area contributed by atoms with E-state index in [4.69, 9.17) is 15.9 Å². The number of aliphatic carboxylic acids is 1. The van der Waals surface area contributed by atoms with Crippen LogP contribution in [0.5, 0.6) is 0 Å². The molecule has 0 aliphatic heterocycles. The fourth-order valence-electron chi connectivity index (χ4n) is 0.690. The van der Waals surface area contributed by atoms with Crippen molar-refractivity contribution in [2.75, 3.05) is 6.61 Å². The number of nitrogens with two attached hydrogens (primary N) is 1. The van der Waals surface area contributed by atoms with Gasteiger partial charge < -0.3 is 21.3 Å². The molecule has 5 N–H and O–H groups in total. The molecule has 0 fully saturated rings. The molecule has 0 saturated carbocycles. The fourth-order valence-corrected chi connectivity index (χ4v) is 0.690. The minimum absolute atomic E-state index is 0.0200. The van der Waals surface area contributed by atoms with Crippen LogP contribution in [-0.2, 0) is 9.59 Å². The molecule has 0 aromatic rings. The monoisotopic (exact) mass is 190 g/mol. The molecule has 0 aliphatic carbocycles. The quantitative estimate of drug-likeness (QED) is 0.412. The molecule has 0 bridgehead atoms. The van der Waals surface area contributed by atoms with E-state index >= 15 is 0 Å². The predicted molar refractivity (Wildman–Crippen MR) is 44.9 cm³/mol. The summed E-state index contributed by atoms with van der Waals surface area (Å²) in [5.74, 6) is -1.72. The van der Waals surface area contributed by atoms with Crippen LogP contribution >= 0.6 is 0 Å². The van der Waals surface area contributed by atoms with Gasteiger partial charge in [0.25, 0.3) is 0 Å². The number of rotatable bonds is 5. The highest BCUT2D eigenvalue weighted by atomic mass is 16.4. The second kappa shape index (κ2) is 5.50. The molecule has 2 atom stereocenters. The Bertz CT molecular complexity index is 193. The largest absolute Gasteiger partial charge is 0.480 e. The second-order valence-electron chi connectivity index (χ2n) is 2.70. The van der Waals surface area contributed by atoms with Gasteiger partial charge in [-0.25, -0.2) is 4.79 Å². The molecule has 0 heterocycles. The zero-order valence-corrected chi connectivity index (χ0v) is 7.36. The number of carboxylic acids is 1. The maximum Gasteiger partial charge on any atom is 0.326 e. The average Bonchev–Trinajstić information content (AvgIpc) is 2.03. The van der Waals surface area contributed by atoms with Crippen molar-refractivity contribution in [2.45, 2.75) is 25.4 Å². The summed E-state index contributed by atoms with van der Waals surface area (Å²) in [4.78, 5) is 21.4. The first-order valence-corrected chi connectivity index (χ1v) is 3.88. The van der Waals surface area contributed by atoms with Gasteiger partial charge in [0.15, 0.2) is 0 Å². The van der Waals surface area contributed by atoms with Crippen molar-refractivity contribution in [3.05, 3.63) is 0 Å². The van der Waals surface area contributed by atoms with E-state index in [1.165, 1.54) is 6.92 Å². The molecular weight excluding hydrogens is 176 g/mol. The lowest BCUT2D eigenvalue weighted by Crippen LogP contribution is -2.47. The Kier molecular flexibility index (Phi) is 5.01. The Labute approximate surface area is 75.7 Å². The molecule has 6 nitrogen and oxygen atoms in total. The third-order valence-electron chi connectivity index (χ3n) is 1.45. The van der Waals surface area contributed by atoms with Crippen LogP contribution in [0.4, 0.5) is 0 Å². The SMILES string of the molecule is C[C@H](N)C(=O)N[C@@H](CCO)C(=O)O. The number of hydrogen-bond donors (Lipinski definition) is 4. The van der Waals surface area contributed by atoms with Crippen LogP contribution in [0.25, 0.3) is 0 Å². The molecule has 76 valence electrons. The van der Waals surface area contributed by atoms with Gasteiger partial charge in [-0.15, -0.1) is 0 Å². The summed E-state index contributed by atoms with van der Waals surface area (Å²) in [6.45, 7) is 1.16. The van der Waals surface area contributed by atoms with Gasteiger partial charge >= 0.3 is 5.97 Å². The molecule has 0 unspecified atom stereocenters. The fraction of sp³-hybridized carbons (Fsp3) is 0.714. The van der Waals surface area contributed by atoms with Gasteiger partial charge in [-0.3, -0.25) is 4.79 Å². The van der Waals surface area contributed by atoms with E-state index in [0.29, 0.717) is 0 Å². The van der Waals surface area contributed by atoms with Gasteiger partial charge in [0, 0.05) is 13.0 Å². The standard InChI is InChI=1S/C7H14N2O4/c1-4(8)6(11)9-5(2-3-10)7(12)13/h4-5,10H,2-3,8H2,1H3,(H,9,11)(H,12,13)/t4-,5-/m0/s1. The van der Waals surface area contributed by atoms with Crippen LogP contribution in [0.1, 0.15) is 13.3 Å². The van der Waals surface area contributed by atoms with Crippen LogP contribution in [0, 0.1) is 0 Å². The smallest absolute Gasteiger partial charge is 0.326 e. The van der Waals surface area contributed by atoms with E-state index in [0.717, 1.165) is 0 Å². The molecule has 0 saturated heterocycles. The van der Waals surface area contributed by atoms with E-state index in [1.54, 1.807) is 0 Å². The lowest BCUT2D eigenvalue weighted by atomic mass is 10.2. The van der Waals surface area contributed by atoms with Gasteiger partial charge in [-0.05, 0) is 6.92 Å². The number of carbonyl (C=O) groups is 2. The summed E-state index contributed by atoms with van der Waals surface area (Å²) < 4.78 is 0. The third-order valence-corrected chi connectivity index (χ3v) is 1.45. The molecule has 0 aromatic heterocycles. The van der Waals surface area contributed by atoms with Crippen molar-refractivity contribution in [1.29, 1.82) is 0 Å². The first-order valence-electron chi connectivity index (χ1n) is 3.88. The van der Waals surface area contributed by atoms with Gasteiger partial charge in [-0.2, -0.15) is 0 Å². The summed E-state index contributed by atoms with van der Waals surface area (Å²) in [5, 5.41) is 19.3. The number of nitrogens with one attached hydrogen (secondary N) is 1. The van der Waals surface area contributed by atoms with Gasteiger partial charge in [0.05, 0.1) is 6.04 Å². The topological polar surface area (TPSA) is 113 Å². The minimum atomic E-state index is -1.18. The van der Waals surface area contributed by atoms with Crippen molar-refractivity contribution in [2.24, 2.45) is 5.73 Å². The highest BCUT2D eigenvalue weighted by Gasteiger charge is 2.20. The molecule has 6 heteroatoms. The van der Waals surface area contributed by atoms with Crippen molar-refractivity contribution in [3.8, 4) is 0 Å². The van der Waals surface area contributed by atoms with Crippen molar-refractivity contribution in [3.63, 3.8) is 0 Å².